The molecule has 1 saturated heterocycles. The zero-order valence-electron chi connectivity index (χ0n) is 17.3. The highest BCUT2D eigenvalue weighted by Crippen LogP contribution is 2.25. The van der Waals surface area contributed by atoms with Crippen LogP contribution in [-0.4, -0.2) is 46.0 Å². The predicted octanol–water partition coefficient (Wildman–Crippen LogP) is 2.85. The molecule has 1 aliphatic rings. The Labute approximate surface area is 188 Å². The van der Waals surface area contributed by atoms with Crippen LogP contribution in [0.15, 0.2) is 47.2 Å². The molecule has 1 amide bonds. The van der Waals surface area contributed by atoms with Gasteiger partial charge in [0.1, 0.15) is 11.9 Å². The van der Waals surface area contributed by atoms with Gasteiger partial charge in [-0.25, -0.2) is 4.98 Å². The Hall–Kier alpha value is -2.75. The van der Waals surface area contributed by atoms with Gasteiger partial charge in [-0.05, 0) is 30.7 Å². The van der Waals surface area contributed by atoms with E-state index in [1.807, 2.05) is 38.2 Å². The molecule has 2 aromatic heterocycles. The van der Waals surface area contributed by atoms with Gasteiger partial charge >= 0.3 is 0 Å². The monoisotopic (exact) mass is 485 g/mol. The van der Waals surface area contributed by atoms with Crippen molar-refractivity contribution >= 4 is 27.7 Å². The van der Waals surface area contributed by atoms with Gasteiger partial charge in [0.25, 0.3) is 5.91 Å². The lowest BCUT2D eigenvalue weighted by atomic mass is 10.1. The van der Waals surface area contributed by atoms with E-state index in [2.05, 4.69) is 31.3 Å². The van der Waals surface area contributed by atoms with Crippen LogP contribution in [0.5, 0.6) is 0 Å². The third-order valence-electron chi connectivity index (χ3n) is 5.43. The number of halogens is 1. The van der Waals surface area contributed by atoms with E-state index in [0.717, 1.165) is 26.9 Å². The molecule has 2 atom stereocenters. The van der Waals surface area contributed by atoms with Crippen molar-refractivity contribution in [1.29, 1.82) is 0 Å². The maximum atomic E-state index is 13.0. The summed E-state index contributed by atoms with van der Waals surface area (Å²) in [4.78, 5) is 17.2. The van der Waals surface area contributed by atoms with E-state index in [1.54, 1.807) is 23.1 Å². The molecule has 4 rings (SSSR count). The molecule has 1 aromatic carbocycles. The van der Waals surface area contributed by atoms with E-state index in [1.165, 1.54) is 0 Å². The van der Waals surface area contributed by atoms with Gasteiger partial charge in [-0.1, -0.05) is 28.1 Å². The third-order valence-corrected chi connectivity index (χ3v) is 5.96. The van der Waals surface area contributed by atoms with E-state index in [0.29, 0.717) is 25.4 Å². The number of carbonyl (C=O) groups is 1. The van der Waals surface area contributed by atoms with Crippen LogP contribution in [0, 0.1) is 6.92 Å². The van der Waals surface area contributed by atoms with Crippen LogP contribution in [-0.2, 0) is 23.1 Å². The van der Waals surface area contributed by atoms with Crippen molar-refractivity contribution in [3.63, 3.8) is 0 Å². The first kappa shape index (κ1) is 21.5. The molecule has 3 heterocycles. The second-order valence-corrected chi connectivity index (χ2v) is 8.43. The van der Waals surface area contributed by atoms with Gasteiger partial charge in [-0.15, -0.1) is 0 Å². The maximum absolute atomic E-state index is 13.0. The molecule has 3 aromatic rings. The summed E-state index contributed by atoms with van der Waals surface area (Å²) < 4.78 is 14.3. The fraction of sp³-hybridized carbons (Fsp3) is 0.318. The van der Waals surface area contributed by atoms with Crippen molar-refractivity contribution in [2.75, 3.05) is 18.9 Å². The summed E-state index contributed by atoms with van der Waals surface area (Å²) in [5, 5.41) is 7.25. The Bertz CT molecular complexity index is 1080. The molecule has 0 bridgehead atoms. The molecule has 31 heavy (non-hydrogen) atoms. The van der Waals surface area contributed by atoms with E-state index in [-0.39, 0.29) is 23.9 Å². The Morgan fingerprint density at radius 1 is 1.32 bits per heavy atom. The van der Waals surface area contributed by atoms with Crippen LogP contribution in [0.25, 0.3) is 11.1 Å². The maximum Gasteiger partial charge on any atom is 0.255 e. The summed E-state index contributed by atoms with van der Waals surface area (Å²) in [6, 6.07) is 9.39. The molecule has 162 valence electrons. The number of anilines is 1. The lowest BCUT2D eigenvalue weighted by Crippen LogP contribution is -2.44. The number of nitrogen functional groups attached to an aromatic ring is 1. The molecule has 0 spiro atoms. The number of hydrogen-bond donors (Lipinski definition) is 2. The van der Waals surface area contributed by atoms with E-state index >= 15 is 0 Å². The van der Waals surface area contributed by atoms with Crippen molar-refractivity contribution in [1.82, 2.24) is 20.1 Å². The van der Waals surface area contributed by atoms with Crippen LogP contribution in [0.3, 0.4) is 0 Å². The summed E-state index contributed by atoms with van der Waals surface area (Å²) in [5.74, 6) is -0.129. The number of aryl methyl sites for hydroxylation is 1. The molecule has 0 saturated carbocycles. The van der Waals surface area contributed by atoms with Gasteiger partial charge in [0.05, 0.1) is 37.6 Å². The molecule has 0 aliphatic carbocycles. The number of nitrogens with one attached hydrogen (secondary N) is 1. The van der Waals surface area contributed by atoms with Crippen molar-refractivity contribution < 1.29 is 14.3 Å². The number of carbonyl (C=O) groups excluding carboxylic acids is 1. The summed E-state index contributed by atoms with van der Waals surface area (Å²) in [7, 11) is 1.87. The number of benzene rings is 1. The van der Waals surface area contributed by atoms with Gasteiger partial charge in [0.15, 0.2) is 0 Å². The summed E-state index contributed by atoms with van der Waals surface area (Å²) >= 11 is 3.42. The van der Waals surface area contributed by atoms with Gasteiger partial charge in [0, 0.05) is 34.5 Å². The predicted molar refractivity (Wildman–Crippen MR) is 120 cm³/mol. The summed E-state index contributed by atoms with van der Waals surface area (Å²) in [5.41, 5.74) is 10.0. The summed E-state index contributed by atoms with van der Waals surface area (Å²) in [6.07, 6.45) is 3.16. The smallest absolute Gasteiger partial charge is 0.255 e. The molecule has 3 N–H and O–H groups in total. The Morgan fingerprint density at radius 3 is 2.81 bits per heavy atom. The van der Waals surface area contributed by atoms with E-state index in [9.17, 15) is 4.79 Å². The topological polar surface area (TPSA) is 104 Å². The quantitative estimate of drug-likeness (QED) is 0.556. The highest BCUT2D eigenvalue weighted by Gasteiger charge is 2.31. The summed E-state index contributed by atoms with van der Waals surface area (Å²) in [6.45, 7) is 3.20. The highest BCUT2D eigenvalue weighted by molar-refractivity contribution is 9.10. The largest absolute Gasteiger partial charge is 0.383 e. The van der Waals surface area contributed by atoms with Crippen molar-refractivity contribution in [3.8, 4) is 11.1 Å². The fourth-order valence-electron chi connectivity index (χ4n) is 3.45. The van der Waals surface area contributed by atoms with Crippen LogP contribution in [0.2, 0.25) is 0 Å². The SMILES string of the molecule is Cc1c(-c2cnc(N)c(C(=O)N[C@H]3COC[C@@H]3OCc3ccc(Br)cc3)c2)cnn1C. The normalized spacial score (nSPS) is 18.3. The second kappa shape index (κ2) is 9.17. The van der Waals surface area contributed by atoms with Crippen molar-refractivity contribution in [3.05, 3.63) is 64.0 Å². The number of hydrogen-bond acceptors (Lipinski definition) is 6. The van der Waals surface area contributed by atoms with E-state index < -0.39 is 0 Å². The molecule has 1 aliphatic heterocycles. The number of pyridine rings is 1. The van der Waals surface area contributed by atoms with Crippen LogP contribution in [0.1, 0.15) is 21.6 Å². The first-order chi connectivity index (χ1) is 14.9. The van der Waals surface area contributed by atoms with Gasteiger partial charge in [-0.3, -0.25) is 9.48 Å². The lowest BCUT2D eigenvalue weighted by molar-refractivity contribution is 0.0218. The molecule has 1 fully saturated rings. The molecule has 0 radical (unpaired) electrons. The molecular formula is C22H24BrN5O3. The Kier molecular flexibility index (Phi) is 6.35. The Morgan fingerprint density at radius 2 is 2.10 bits per heavy atom. The number of aromatic nitrogens is 3. The number of ether oxygens (including phenoxy) is 2. The molecule has 0 unspecified atom stereocenters. The van der Waals surface area contributed by atoms with Gasteiger partial charge in [-0.2, -0.15) is 5.10 Å². The number of amides is 1. The van der Waals surface area contributed by atoms with Gasteiger partial charge < -0.3 is 20.5 Å². The highest BCUT2D eigenvalue weighted by atomic mass is 79.9. The Balaban J connectivity index is 1.45. The van der Waals surface area contributed by atoms with Crippen molar-refractivity contribution in [2.24, 2.45) is 7.05 Å². The van der Waals surface area contributed by atoms with Crippen LogP contribution in [0.4, 0.5) is 5.82 Å². The zero-order valence-corrected chi connectivity index (χ0v) is 18.9. The fourth-order valence-corrected chi connectivity index (χ4v) is 3.71. The first-order valence-electron chi connectivity index (χ1n) is 9.91. The zero-order chi connectivity index (χ0) is 22.0. The third kappa shape index (κ3) is 4.79. The van der Waals surface area contributed by atoms with Crippen molar-refractivity contribution in [2.45, 2.75) is 25.7 Å². The minimum atomic E-state index is -0.305. The minimum Gasteiger partial charge on any atom is -0.383 e. The van der Waals surface area contributed by atoms with Gasteiger partial charge in [0.2, 0.25) is 0 Å². The average molecular weight is 486 g/mol. The number of rotatable bonds is 6. The second-order valence-electron chi connectivity index (χ2n) is 7.52. The van der Waals surface area contributed by atoms with Crippen LogP contribution < -0.4 is 11.1 Å². The molecule has 9 heteroatoms. The molecule has 8 nitrogen and oxygen atoms in total. The standard InChI is InChI=1S/C22H24BrN5O3/c1-13-18(9-26-28(13)2)15-7-17(21(24)25-8-15)22(29)27-19-11-30-12-20(19)31-10-14-3-5-16(23)6-4-14/h3-9,19-20H,10-12H2,1-2H3,(H2,24,25)(H,27,29)/t19-,20-/m0/s1. The lowest BCUT2D eigenvalue weighted by Gasteiger charge is -2.20. The average Bonchev–Trinajstić information content (AvgIpc) is 3.34. The van der Waals surface area contributed by atoms with E-state index in [4.69, 9.17) is 15.2 Å². The van der Waals surface area contributed by atoms with Crippen LogP contribution >= 0.6 is 15.9 Å². The first-order valence-corrected chi connectivity index (χ1v) is 10.7. The number of nitrogens with zero attached hydrogens (tertiary/aromatic N) is 3. The minimum absolute atomic E-state index is 0.175. The molecular weight excluding hydrogens is 462 g/mol. The number of nitrogens with two attached hydrogens (primary N) is 1.